The van der Waals surface area contributed by atoms with Gasteiger partial charge in [0.2, 0.25) is 0 Å². The van der Waals surface area contributed by atoms with Crippen LogP contribution in [0.15, 0.2) is 16.6 Å². The predicted octanol–water partition coefficient (Wildman–Crippen LogP) is 3.58. The maximum Gasteiger partial charge on any atom is 0.338 e. The van der Waals surface area contributed by atoms with E-state index in [4.69, 9.17) is 5.11 Å². The van der Waals surface area contributed by atoms with E-state index in [9.17, 15) is 9.18 Å². The third kappa shape index (κ3) is 2.37. The van der Waals surface area contributed by atoms with Crippen LogP contribution in [0, 0.1) is 5.82 Å². The summed E-state index contributed by atoms with van der Waals surface area (Å²) in [6, 6.07) is 2.93. The van der Waals surface area contributed by atoms with Crippen molar-refractivity contribution in [3.8, 4) is 0 Å². The van der Waals surface area contributed by atoms with Gasteiger partial charge in [0.1, 0.15) is 0 Å². The van der Waals surface area contributed by atoms with Crippen molar-refractivity contribution in [2.24, 2.45) is 0 Å². The van der Waals surface area contributed by atoms with Gasteiger partial charge >= 0.3 is 5.97 Å². The van der Waals surface area contributed by atoms with Crippen LogP contribution in [-0.4, -0.2) is 11.1 Å². The molecule has 82 valence electrons. The first kappa shape index (κ1) is 12.2. The molecule has 0 aliphatic rings. The van der Waals surface area contributed by atoms with Gasteiger partial charge in [-0.1, -0.05) is 26.8 Å². The van der Waals surface area contributed by atoms with Crippen LogP contribution in [0.1, 0.15) is 36.7 Å². The van der Waals surface area contributed by atoms with E-state index < -0.39 is 11.8 Å². The van der Waals surface area contributed by atoms with Crippen molar-refractivity contribution in [1.29, 1.82) is 0 Å². The van der Waals surface area contributed by atoms with Crippen molar-refractivity contribution in [3.63, 3.8) is 0 Å². The van der Waals surface area contributed by atoms with Crippen LogP contribution < -0.4 is 0 Å². The van der Waals surface area contributed by atoms with Crippen molar-refractivity contribution in [1.82, 2.24) is 0 Å². The largest absolute Gasteiger partial charge is 0.478 e. The quantitative estimate of drug-likeness (QED) is 0.850. The standard InChI is InChI=1S/C11H12BrFO2/c1-11(2,3)7-5-4-6(10(14)15)9(13)8(7)12/h4-5H,1-3H3,(H,14,15). The molecule has 0 spiro atoms. The Hall–Kier alpha value is -0.900. The van der Waals surface area contributed by atoms with Gasteiger partial charge < -0.3 is 5.11 Å². The molecule has 0 aliphatic heterocycles. The lowest BCUT2D eigenvalue weighted by atomic mass is 9.86. The summed E-state index contributed by atoms with van der Waals surface area (Å²) < 4.78 is 13.8. The highest BCUT2D eigenvalue weighted by molar-refractivity contribution is 9.10. The van der Waals surface area contributed by atoms with E-state index in [0.717, 1.165) is 5.56 Å². The van der Waals surface area contributed by atoms with Crippen LogP contribution in [0.5, 0.6) is 0 Å². The van der Waals surface area contributed by atoms with Crippen molar-refractivity contribution < 1.29 is 14.3 Å². The average molecular weight is 275 g/mol. The lowest BCUT2D eigenvalue weighted by Gasteiger charge is -2.21. The summed E-state index contributed by atoms with van der Waals surface area (Å²) in [5, 5.41) is 8.72. The van der Waals surface area contributed by atoms with Gasteiger partial charge in [-0.05, 0) is 33.0 Å². The number of carbonyl (C=O) groups is 1. The van der Waals surface area contributed by atoms with E-state index in [-0.39, 0.29) is 15.5 Å². The fraction of sp³-hybridized carbons (Fsp3) is 0.364. The second-order valence-electron chi connectivity index (χ2n) is 4.34. The number of carboxylic acid groups (broad SMARTS) is 1. The molecule has 1 aromatic carbocycles. The molecule has 2 nitrogen and oxygen atoms in total. The van der Waals surface area contributed by atoms with E-state index in [1.807, 2.05) is 20.8 Å². The Morgan fingerprint density at radius 2 is 1.93 bits per heavy atom. The summed E-state index contributed by atoms with van der Waals surface area (Å²) in [5.41, 5.74) is 0.219. The minimum Gasteiger partial charge on any atom is -0.478 e. The van der Waals surface area contributed by atoms with Crippen LogP contribution >= 0.6 is 15.9 Å². The molecule has 0 amide bonds. The maximum atomic E-state index is 13.6. The van der Waals surface area contributed by atoms with E-state index in [1.54, 1.807) is 6.07 Å². The maximum absolute atomic E-state index is 13.6. The van der Waals surface area contributed by atoms with Gasteiger partial charge in [0.25, 0.3) is 0 Å². The third-order valence-corrected chi connectivity index (χ3v) is 2.90. The normalized spacial score (nSPS) is 11.5. The van der Waals surface area contributed by atoms with Gasteiger partial charge in [0.05, 0.1) is 10.0 Å². The summed E-state index contributed by atoms with van der Waals surface area (Å²) in [5.74, 6) is -1.97. The zero-order valence-corrected chi connectivity index (χ0v) is 10.4. The van der Waals surface area contributed by atoms with E-state index in [2.05, 4.69) is 15.9 Å². The number of hydrogen-bond acceptors (Lipinski definition) is 1. The second-order valence-corrected chi connectivity index (χ2v) is 5.14. The molecule has 1 N–H and O–H groups in total. The lowest BCUT2D eigenvalue weighted by Crippen LogP contribution is -2.14. The molecule has 0 aliphatic carbocycles. The van der Waals surface area contributed by atoms with Crippen LogP contribution in [-0.2, 0) is 5.41 Å². The number of rotatable bonds is 1. The number of carboxylic acids is 1. The number of aromatic carboxylic acids is 1. The van der Waals surface area contributed by atoms with Gasteiger partial charge in [-0.2, -0.15) is 0 Å². The zero-order chi connectivity index (χ0) is 11.8. The van der Waals surface area contributed by atoms with Gasteiger partial charge in [-0.15, -0.1) is 0 Å². The minimum atomic E-state index is -1.26. The van der Waals surface area contributed by atoms with E-state index >= 15 is 0 Å². The van der Waals surface area contributed by atoms with Gasteiger partial charge in [-0.25, -0.2) is 9.18 Å². The first-order valence-electron chi connectivity index (χ1n) is 4.47. The van der Waals surface area contributed by atoms with Gasteiger partial charge in [0.15, 0.2) is 5.82 Å². The number of hydrogen-bond donors (Lipinski definition) is 1. The molecule has 15 heavy (non-hydrogen) atoms. The van der Waals surface area contributed by atoms with Crippen LogP contribution in [0.2, 0.25) is 0 Å². The fourth-order valence-corrected chi connectivity index (χ4v) is 2.23. The molecule has 0 radical (unpaired) electrons. The first-order chi connectivity index (χ1) is 6.75. The van der Waals surface area contributed by atoms with Crippen molar-refractivity contribution in [3.05, 3.63) is 33.5 Å². The highest BCUT2D eigenvalue weighted by atomic mass is 79.9. The Bertz CT molecular complexity index is 408. The van der Waals surface area contributed by atoms with E-state index in [0.29, 0.717) is 0 Å². The number of benzene rings is 1. The summed E-state index contributed by atoms with van der Waals surface area (Å²) in [6.45, 7) is 5.81. The van der Waals surface area contributed by atoms with Crippen LogP contribution in [0.3, 0.4) is 0 Å². The molecule has 0 heterocycles. The molecule has 1 rings (SSSR count). The molecule has 0 saturated carbocycles. The summed E-state index contributed by atoms with van der Waals surface area (Å²) >= 11 is 3.10. The van der Waals surface area contributed by atoms with Gasteiger partial charge in [-0.3, -0.25) is 0 Å². The summed E-state index contributed by atoms with van der Waals surface area (Å²) in [6.07, 6.45) is 0. The summed E-state index contributed by atoms with van der Waals surface area (Å²) in [4.78, 5) is 10.7. The number of halogens is 2. The molecule has 0 atom stereocenters. The highest BCUT2D eigenvalue weighted by Crippen LogP contribution is 2.32. The molecule has 4 heteroatoms. The Kier molecular flexibility index (Phi) is 3.19. The predicted molar refractivity (Wildman–Crippen MR) is 59.8 cm³/mol. The summed E-state index contributed by atoms with van der Waals surface area (Å²) in [7, 11) is 0. The second kappa shape index (κ2) is 3.93. The fourth-order valence-electron chi connectivity index (χ4n) is 1.29. The van der Waals surface area contributed by atoms with Crippen LogP contribution in [0.4, 0.5) is 4.39 Å². The zero-order valence-electron chi connectivity index (χ0n) is 8.77. The minimum absolute atomic E-state index is 0.225. The Balaban J connectivity index is 3.41. The topological polar surface area (TPSA) is 37.3 Å². The molecular weight excluding hydrogens is 263 g/mol. The molecule has 0 fully saturated rings. The smallest absolute Gasteiger partial charge is 0.338 e. The van der Waals surface area contributed by atoms with Crippen molar-refractivity contribution in [2.45, 2.75) is 26.2 Å². The molecule has 1 aromatic rings. The van der Waals surface area contributed by atoms with Crippen LogP contribution in [0.25, 0.3) is 0 Å². The molecule has 0 bridgehead atoms. The molecule has 0 aromatic heterocycles. The molecule has 0 saturated heterocycles. The third-order valence-electron chi connectivity index (χ3n) is 2.12. The average Bonchev–Trinajstić information content (AvgIpc) is 2.06. The Morgan fingerprint density at radius 3 is 2.33 bits per heavy atom. The Morgan fingerprint density at radius 1 is 1.40 bits per heavy atom. The van der Waals surface area contributed by atoms with Crippen molar-refractivity contribution in [2.75, 3.05) is 0 Å². The molecular formula is C11H12BrFO2. The highest BCUT2D eigenvalue weighted by Gasteiger charge is 2.22. The van der Waals surface area contributed by atoms with Crippen molar-refractivity contribution >= 4 is 21.9 Å². The lowest BCUT2D eigenvalue weighted by molar-refractivity contribution is 0.0691. The monoisotopic (exact) mass is 274 g/mol. The molecule has 0 unspecified atom stereocenters. The van der Waals surface area contributed by atoms with E-state index in [1.165, 1.54) is 6.07 Å². The van der Waals surface area contributed by atoms with Gasteiger partial charge in [0, 0.05) is 0 Å². The SMILES string of the molecule is CC(C)(C)c1ccc(C(=O)O)c(F)c1Br. The first-order valence-corrected chi connectivity index (χ1v) is 5.26. The Labute approximate surface area is 96.2 Å².